The van der Waals surface area contributed by atoms with Crippen molar-refractivity contribution < 1.29 is 9.53 Å². The van der Waals surface area contributed by atoms with E-state index >= 15 is 0 Å². The first-order valence-corrected chi connectivity index (χ1v) is 6.72. The zero-order valence-corrected chi connectivity index (χ0v) is 12.0. The number of hydrogen-bond acceptors (Lipinski definition) is 4. The monoisotopic (exact) mass is 257 g/mol. The minimum absolute atomic E-state index is 0.0707. The molecule has 1 aliphatic rings. The fraction of sp³-hybridized carbons (Fsp3) is 0.923. The van der Waals surface area contributed by atoms with Crippen molar-refractivity contribution >= 4 is 5.91 Å². The van der Waals surface area contributed by atoms with E-state index in [4.69, 9.17) is 4.74 Å². The van der Waals surface area contributed by atoms with Crippen LogP contribution in [0.2, 0.25) is 0 Å². The van der Waals surface area contributed by atoms with Crippen LogP contribution >= 0.6 is 0 Å². The number of ether oxygens (including phenoxy) is 1. The Morgan fingerprint density at radius 2 is 2.28 bits per heavy atom. The third-order valence-electron chi connectivity index (χ3n) is 3.37. The second-order valence-electron chi connectivity index (χ2n) is 5.71. The smallest absolute Gasteiger partial charge is 0.226 e. The van der Waals surface area contributed by atoms with Crippen LogP contribution in [0.25, 0.3) is 0 Å². The molecule has 5 nitrogen and oxygen atoms in total. The van der Waals surface area contributed by atoms with E-state index < -0.39 is 0 Å². The maximum Gasteiger partial charge on any atom is 0.226 e. The first kappa shape index (κ1) is 15.4. The number of hydrogen-bond donors (Lipinski definition) is 3. The third kappa shape index (κ3) is 4.92. The maximum absolute atomic E-state index is 11.7. The molecule has 3 N–H and O–H groups in total. The van der Waals surface area contributed by atoms with Gasteiger partial charge in [-0.2, -0.15) is 0 Å². The predicted octanol–water partition coefficient (Wildman–Crippen LogP) is 0.115. The highest BCUT2D eigenvalue weighted by Gasteiger charge is 2.27. The number of carbonyl (C=O) groups excluding carboxylic acids is 1. The molecular formula is C13H27N3O2. The molecule has 1 heterocycles. The summed E-state index contributed by atoms with van der Waals surface area (Å²) in [6.45, 7) is 9.26. The van der Waals surface area contributed by atoms with Gasteiger partial charge in [-0.3, -0.25) is 4.79 Å². The van der Waals surface area contributed by atoms with Crippen molar-refractivity contribution in [1.82, 2.24) is 16.0 Å². The maximum atomic E-state index is 11.7. The molecule has 2 atom stereocenters. The molecule has 1 fully saturated rings. The Morgan fingerprint density at radius 3 is 2.83 bits per heavy atom. The lowest BCUT2D eigenvalue weighted by molar-refractivity contribution is -0.128. The SMILES string of the molecule is CNC(=O)C(C)(C)CNC(C)CC1COCCN1. The van der Waals surface area contributed by atoms with Gasteiger partial charge in [0, 0.05) is 32.2 Å². The fourth-order valence-electron chi connectivity index (χ4n) is 2.13. The summed E-state index contributed by atoms with van der Waals surface area (Å²) in [5.74, 6) is 0.0707. The van der Waals surface area contributed by atoms with Crippen LogP contribution < -0.4 is 16.0 Å². The molecule has 1 aliphatic heterocycles. The zero-order chi connectivity index (χ0) is 13.6. The van der Waals surface area contributed by atoms with Gasteiger partial charge < -0.3 is 20.7 Å². The molecule has 0 bridgehead atoms. The summed E-state index contributed by atoms with van der Waals surface area (Å²) in [5.41, 5.74) is -0.375. The van der Waals surface area contributed by atoms with E-state index in [0.29, 0.717) is 18.6 Å². The van der Waals surface area contributed by atoms with E-state index in [0.717, 1.165) is 26.2 Å². The normalized spacial score (nSPS) is 22.6. The summed E-state index contributed by atoms with van der Waals surface area (Å²) >= 11 is 0. The van der Waals surface area contributed by atoms with Crippen molar-refractivity contribution in [2.24, 2.45) is 5.41 Å². The summed E-state index contributed by atoms with van der Waals surface area (Å²) < 4.78 is 5.43. The van der Waals surface area contributed by atoms with Gasteiger partial charge in [0.2, 0.25) is 5.91 Å². The van der Waals surface area contributed by atoms with Crippen molar-refractivity contribution in [3.63, 3.8) is 0 Å². The molecule has 1 amide bonds. The quantitative estimate of drug-likeness (QED) is 0.632. The molecule has 5 heteroatoms. The van der Waals surface area contributed by atoms with Gasteiger partial charge in [0.05, 0.1) is 18.6 Å². The first-order chi connectivity index (χ1) is 8.45. The Bertz CT molecular complexity index is 263. The number of nitrogens with one attached hydrogen (secondary N) is 3. The average Bonchev–Trinajstić information content (AvgIpc) is 2.36. The molecule has 0 aromatic heterocycles. The standard InChI is InChI=1S/C13H27N3O2/c1-10(7-11-8-18-6-5-15-11)16-9-13(2,3)12(17)14-4/h10-11,15-16H,5-9H2,1-4H3,(H,14,17). The molecule has 18 heavy (non-hydrogen) atoms. The van der Waals surface area contributed by atoms with Gasteiger partial charge in [0.25, 0.3) is 0 Å². The number of morpholine rings is 1. The Morgan fingerprint density at radius 1 is 1.56 bits per heavy atom. The Balaban J connectivity index is 2.27. The second-order valence-corrected chi connectivity index (χ2v) is 5.71. The molecule has 0 spiro atoms. The largest absolute Gasteiger partial charge is 0.379 e. The molecule has 0 aromatic carbocycles. The van der Waals surface area contributed by atoms with Crippen molar-refractivity contribution in [3.05, 3.63) is 0 Å². The fourth-order valence-corrected chi connectivity index (χ4v) is 2.13. The number of carbonyl (C=O) groups is 1. The third-order valence-corrected chi connectivity index (χ3v) is 3.37. The zero-order valence-electron chi connectivity index (χ0n) is 12.0. The highest BCUT2D eigenvalue weighted by Crippen LogP contribution is 2.14. The van der Waals surface area contributed by atoms with Gasteiger partial charge in [0.15, 0.2) is 0 Å². The predicted molar refractivity (Wildman–Crippen MR) is 72.5 cm³/mol. The summed E-state index contributed by atoms with van der Waals surface area (Å²) in [5, 5.41) is 9.56. The minimum Gasteiger partial charge on any atom is -0.379 e. The van der Waals surface area contributed by atoms with Crippen LogP contribution in [0, 0.1) is 5.41 Å². The average molecular weight is 257 g/mol. The van der Waals surface area contributed by atoms with E-state index in [1.807, 2.05) is 13.8 Å². The highest BCUT2D eigenvalue weighted by molar-refractivity contribution is 5.81. The van der Waals surface area contributed by atoms with E-state index in [9.17, 15) is 4.79 Å². The van der Waals surface area contributed by atoms with Crippen molar-refractivity contribution in [3.8, 4) is 0 Å². The second kappa shape index (κ2) is 7.07. The van der Waals surface area contributed by atoms with Crippen LogP contribution in [-0.2, 0) is 9.53 Å². The molecule has 1 saturated heterocycles. The van der Waals surface area contributed by atoms with Crippen LogP contribution in [-0.4, -0.2) is 51.3 Å². The van der Waals surface area contributed by atoms with Crippen LogP contribution in [0.1, 0.15) is 27.2 Å². The van der Waals surface area contributed by atoms with Crippen molar-refractivity contribution in [2.45, 2.75) is 39.3 Å². The molecule has 0 saturated carbocycles. The van der Waals surface area contributed by atoms with Gasteiger partial charge in [0.1, 0.15) is 0 Å². The minimum atomic E-state index is -0.375. The molecule has 0 radical (unpaired) electrons. The van der Waals surface area contributed by atoms with Crippen molar-refractivity contribution in [1.29, 1.82) is 0 Å². The lowest BCUT2D eigenvalue weighted by atomic mass is 9.91. The van der Waals surface area contributed by atoms with Crippen LogP contribution in [0.5, 0.6) is 0 Å². The first-order valence-electron chi connectivity index (χ1n) is 6.72. The summed E-state index contributed by atoms with van der Waals surface area (Å²) in [4.78, 5) is 11.7. The molecule has 0 aliphatic carbocycles. The lowest BCUT2D eigenvalue weighted by Crippen LogP contribution is -2.48. The van der Waals surface area contributed by atoms with E-state index in [2.05, 4.69) is 22.9 Å². The van der Waals surface area contributed by atoms with Gasteiger partial charge in [-0.05, 0) is 27.2 Å². The Labute approximate surface area is 110 Å². The lowest BCUT2D eigenvalue weighted by Gasteiger charge is -2.29. The molecule has 1 rings (SSSR count). The molecule has 0 aromatic rings. The van der Waals surface area contributed by atoms with Crippen LogP contribution in [0.3, 0.4) is 0 Å². The van der Waals surface area contributed by atoms with Gasteiger partial charge in [-0.15, -0.1) is 0 Å². The van der Waals surface area contributed by atoms with E-state index in [1.54, 1.807) is 7.05 Å². The summed E-state index contributed by atoms with van der Waals surface area (Å²) in [6, 6.07) is 0.789. The summed E-state index contributed by atoms with van der Waals surface area (Å²) in [6.07, 6.45) is 1.02. The molecular weight excluding hydrogens is 230 g/mol. The van der Waals surface area contributed by atoms with Gasteiger partial charge >= 0.3 is 0 Å². The Hall–Kier alpha value is -0.650. The van der Waals surface area contributed by atoms with Gasteiger partial charge in [-0.1, -0.05) is 0 Å². The number of amides is 1. The van der Waals surface area contributed by atoms with E-state index in [-0.39, 0.29) is 11.3 Å². The molecule has 106 valence electrons. The van der Waals surface area contributed by atoms with Crippen LogP contribution in [0.15, 0.2) is 0 Å². The van der Waals surface area contributed by atoms with Crippen molar-refractivity contribution in [2.75, 3.05) is 33.4 Å². The van der Waals surface area contributed by atoms with E-state index in [1.165, 1.54) is 0 Å². The molecule has 2 unspecified atom stereocenters. The summed E-state index contributed by atoms with van der Waals surface area (Å²) in [7, 11) is 1.68. The van der Waals surface area contributed by atoms with Gasteiger partial charge in [-0.25, -0.2) is 0 Å². The number of rotatable bonds is 6. The highest BCUT2D eigenvalue weighted by atomic mass is 16.5. The van der Waals surface area contributed by atoms with Crippen LogP contribution in [0.4, 0.5) is 0 Å². The Kier molecular flexibility index (Phi) is 6.05. The topological polar surface area (TPSA) is 62.4 Å².